The fourth-order valence-electron chi connectivity index (χ4n) is 3.93. The molecule has 0 radical (unpaired) electrons. The third-order valence-corrected chi connectivity index (χ3v) is 6.12. The lowest BCUT2D eigenvalue weighted by molar-refractivity contribution is -0.149. The summed E-state index contributed by atoms with van der Waals surface area (Å²) in [6.45, 7) is 2.47. The highest BCUT2D eigenvalue weighted by Gasteiger charge is 2.54. The summed E-state index contributed by atoms with van der Waals surface area (Å²) >= 11 is 0. The van der Waals surface area contributed by atoms with Gasteiger partial charge in [-0.15, -0.1) is 12.4 Å². The van der Waals surface area contributed by atoms with Gasteiger partial charge in [0, 0.05) is 19.6 Å². The van der Waals surface area contributed by atoms with Gasteiger partial charge in [-0.1, -0.05) is 6.42 Å². The molecule has 25 heavy (non-hydrogen) atoms. The van der Waals surface area contributed by atoms with Crippen molar-refractivity contribution in [3.63, 3.8) is 0 Å². The van der Waals surface area contributed by atoms with Crippen molar-refractivity contribution in [3.05, 3.63) is 24.3 Å². The largest absolute Gasteiger partial charge is 0.492 e. The highest BCUT2D eigenvalue weighted by atomic mass is 35.5. The molecule has 1 aromatic rings. The Hall–Kier alpha value is -1.35. The predicted octanol–water partition coefficient (Wildman–Crippen LogP) is 1.32. The third-order valence-electron chi connectivity index (χ3n) is 5.20. The van der Waals surface area contributed by atoms with Crippen LogP contribution in [-0.4, -0.2) is 50.6 Å². The van der Waals surface area contributed by atoms with Gasteiger partial charge in [0.05, 0.1) is 10.3 Å². The standard InChI is InChI=1S/C16H22N2O5S.ClH/c17-24(21,22)14-5-3-13(4-6-14)23-9-8-18-10-12-2-1-7-16(12,11-18)15(19)20;/h3-6,12H,1-2,7-11H2,(H,19,20)(H2,17,21,22);1H/t12-,16+;/m0./s1. The first kappa shape index (κ1) is 20.0. The Morgan fingerprint density at radius 1 is 1.36 bits per heavy atom. The summed E-state index contributed by atoms with van der Waals surface area (Å²) in [5.41, 5.74) is -0.572. The van der Waals surface area contributed by atoms with Gasteiger partial charge >= 0.3 is 5.97 Å². The summed E-state index contributed by atoms with van der Waals surface area (Å²) in [5, 5.41) is 14.6. The molecule has 0 bridgehead atoms. The molecule has 1 aromatic carbocycles. The van der Waals surface area contributed by atoms with Crippen LogP contribution in [0.1, 0.15) is 19.3 Å². The molecule has 2 aliphatic rings. The lowest BCUT2D eigenvalue weighted by Crippen LogP contribution is -2.36. The molecular weight excluding hydrogens is 368 g/mol. The van der Waals surface area contributed by atoms with Crippen LogP contribution in [0.2, 0.25) is 0 Å². The fraction of sp³-hybridized carbons (Fsp3) is 0.562. The van der Waals surface area contributed by atoms with Crippen molar-refractivity contribution in [1.82, 2.24) is 4.90 Å². The molecule has 2 atom stereocenters. The summed E-state index contributed by atoms with van der Waals surface area (Å²) in [7, 11) is -3.70. The molecule has 1 heterocycles. The fourth-order valence-corrected chi connectivity index (χ4v) is 4.45. The average molecular weight is 391 g/mol. The van der Waals surface area contributed by atoms with Gasteiger partial charge in [0.1, 0.15) is 12.4 Å². The van der Waals surface area contributed by atoms with Gasteiger partial charge < -0.3 is 9.84 Å². The zero-order chi connectivity index (χ0) is 17.4. The van der Waals surface area contributed by atoms with E-state index in [0.29, 0.717) is 25.4 Å². The molecule has 2 fully saturated rings. The molecule has 140 valence electrons. The Balaban J connectivity index is 0.00000225. The molecule has 0 amide bonds. The normalized spacial score (nSPS) is 26.0. The van der Waals surface area contributed by atoms with Gasteiger partial charge in [0.15, 0.2) is 0 Å². The molecule has 0 aromatic heterocycles. The number of likely N-dealkylation sites (tertiary alicyclic amines) is 1. The summed E-state index contributed by atoms with van der Waals surface area (Å²) in [5.74, 6) is 0.130. The van der Waals surface area contributed by atoms with Crippen LogP contribution in [0.3, 0.4) is 0 Å². The molecule has 7 nitrogen and oxygen atoms in total. The van der Waals surface area contributed by atoms with Crippen molar-refractivity contribution < 1.29 is 23.1 Å². The summed E-state index contributed by atoms with van der Waals surface area (Å²) in [6.07, 6.45) is 2.75. The van der Waals surface area contributed by atoms with Crippen LogP contribution in [0.5, 0.6) is 5.75 Å². The zero-order valence-corrected chi connectivity index (χ0v) is 15.4. The lowest BCUT2D eigenvalue weighted by Gasteiger charge is -2.23. The van der Waals surface area contributed by atoms with Crippen molar-refractivity contribution in [1.29, 1.82) is 0 Å². The molecule has 1 aliphatic heterocycles. The smallest absolute Gasteiger partial charge is 0.311 e. The number of hydrogen-bond donors (Lipinski definition) is 2. The van der Waals surface area contributed by atoms with Gasteiger partial charge in [-0.2, -0.15) is 0 Å². The third kappa shape index (κ3) is 4.08. The number of benzene rings is 1. The number of rotatable bonds is 6. The van der Waals surface area contributed by atoms with Gasteiger partial charge in [0.25, 0.3) is 0 Å². The number of carboxylic acid groups (broad SMARTS) is 1. The van der Waals surface area contributed by atoms with E-state index in [-0.39, 0.29) is 23.2 Å². The van der Waals surface area contributed by atoms with Gasteiger partial charge in [-0.3, -0.25) is 9.69 Å². The number of aliphatic carboxylic acids is 1. The first-order chi connectivity index (χ1) is 11.3. The molecule has 3 rings (SSSR count). The number of hydrogen-bond acceptors (Lipinski definition) is 5. The summed E-state index contributed by atoms with van der Waals surface area (Å²) < 4.78 is 28.0. The maximum atomic E-state index is 11.6. The number of carboxylic acids is 1. The van der Waals surface area contributed by atoms with E-state index in [4.69, 9.17) is 9.88 Å². The SMILES string of the molecule is Cl.NS(=O)(=O)c1ccc(OCCN2C[C@@H]3CCC[C@@]3(C(=O)O)C2)cc1. The summed E-state index contributed by atoms with van der Waals surface area (Å²) in [6, 6.07) is 5.95. The van der Waals surface area contributed by atoms with Crippen LogP contribution < -0.4 is 9.88 Å². The Morgan fingerprint density at radius 2 is 2.04 bits per heavy atom. The number of carbonyl (C=O) groups is 1. The second-order valence-electron chi connectivity index (χ2n) is 6.65. The molecule has 1 saturated carbocycles. The van der Waals surface area contributed by atoms with Crippen molar-refractivity contribution in [2.45, 2.75) is 24.2 Å². The number of ether oxygens (including phenoxy) is 1. The number of nitrogens with two attached hydrogens (primary N) is 1. The topological polar surface area (TPSA) is 110 Å². The van der Waals surface area contributed by atoms with Gasteiger partial charge in [0.2, 0.25) is 10.0 Å². The van der Waals surface area contributed by atoms with E-state index in [1.54, 1.807) is 12.1 Å². The van der Waals surface area contributed by atoms with E-state index in [9.17, 15) is 18.3 Å². The Bertz CT molecular complexity index is 725. The number of halogens is 1. The second-order valence-corrected chi connectivity index (χ2v) is 8.21. The highest BCUT2D eigenvalue weighted by molar-refractivity contribution is 7.89. The maximum Gasteiger partial charge on any atom is 0.311 e. The van der Waals surface area contributed by atoms with Crippen molar-refractivity contribution in [2.75, 3.05) is 26.2 Å². The first-order valence-electron chi connectivity index (χ1n) is 8.03. The monoisotopic (exact) mass is 390 g/mol. The maximum absolute atomic E-state index is 11.6. The van der Waals surface area contributed by atoms with Crippen LogP contribution >= 0.6 is 12.4 Å². The second kappa shape index (κ2) is 7.49. The highest BCUT2D eigenvalue weighted by Crippen LogP contribution is 2.48. The van der Waals surface area contributed by atoms with Crippen LogP contribution in [0.4, 0.5) is 0 Å². The van der Waals surface area contributed by atoms with Crippen molar-refractivity contribution in [3.8, 4) is 5.75 Å². The molecular formula is C16H23ClN2O5S. The minimum Gasteiger partial charge on any atom is -0.492 e. The Morgan fingerprint density at radius 3 is 2.60 bits per heavy atom. The number of nitrogens with zero attached hydrogens (tertiary/aromatic N) is 1. The van der Waals surface area contributed by atoms with Crippen LogP contribution in [0.25, 0.3) is 0 Å². The van der Waals surface area contributed by atoms with E-state index in [1.807, 2.05) is 0 Å². The Labute approximate surface area is 153 Å². The van der Waals surface area contributed by atoms with E-state index < -0.39 is 21.4 Å². The quantitative estimate of drug-likeness (QED) is 0.758. The predicted molar refractivity (Wildman–Crippen MR) is 94.4 cm³/mol. The van der Waals surface area contributed by atoms with Crippen LogP contribution in [-0.2, 0) is 14.8 Å². The van der Waals surface area contributed by atoms with E-state index >= 15 is 0 Å². The van der Waals surface area contributed by atoms with Gasteiger partial charge in [-0.25, -0.2) is 13.6 Å². The number of fused-ring (bicyclic) bond motifs is 1. The Kier molecular flexibility index (Phi) is 5.98. The van der Waals surface area contributed by atoms with E-state index in [2.05, 4.69) is 4.90 Å². The molecule has 9 heteroatoms. The first-order valence-corrected chi connectivity index (χ1v) is 9.57. The molecule has 1 saturated heterocycles. The summed E-state index contributed by atoms with van der Waals surface area (Å²) in [4.78, 5) is 13.8. The minimum absolute atomic E-state index is 0. The molecule has 1 aliphatic carbocycles. The number of sulfonamides is 1. The van der Waals surface area contributed by atoms with Crippen LogP contribution in [0.15, 0.2) is 29.2 Å². The zero-order valence-electron chi connectivity index (χ0n) is 13.8. The van der Waals surface area contributed by atoms with Gasteiger partial charge in [-0.05, 0) is 43.0 Å². The van der Waals surface area contributed by atoms with Crippen molar-refractivity contribution >= 4 is 28.4 Å². The molecule has 0 spiro atoms. The lowest BCUT2D eigenvalue weighted by atomic mass is 9.81. The molecule has 3 N–H and O–H groups in total. The molecule has 0 unspecified atom stereocenters. The van der Waals surface area contributed by atoms with E-state index in [0.717, 1.165) is 25.8 Å². The van der Waals surface area contributed by atoms with Crippen molar-refractivity contribution in [2.24, 2.45) is 16.5 Å². The average Bonchev–Trinajstić information content (AvgIpc) is 3.04. The minimum atomic E-state index is -3.70. The van der Waals surface area contributed by atoms with E-state index in [1.165, 1.54) is 12.1 Å². The number of primary sulfonamides is 1. The van der Waals surface area contributed by atoms with Crippen LogP contribution in [0, 0.1) is 11.3 Å².